The molecule has 0 heterocycles. The van der Waals surface area contributed by atoms with Gasteiger partial charge in [-0.05, 0) is 46.9 Å². The highest BCUT2D eigenvalue weighted by Crippen LogP contribution is 2.48. The molecule has 0 N–H and O–H groups in total. The molecule has 1 spiro atoms. The van der Waals surface area contributed by atoms with E-state index < -0.39 is 5.41 Å². The highest BCUT2D eigenvalue weighted by molar-refractivity contribution is 6.31. The van der Waals surface area contributed by atoms with Crippen LogP contribution in [0.2, 0.25) is 0 Å². The summed E-state index contributed by atoms with van der Waals surface area (Å²) in [6.45, 7) is 0. The van der Waals surface area contributed by atoms with E-state index in [1.807, 2.05) is 12.1 Å². The van der Waals surface area contributed by atoms with Crippen LogP contribution in [0.25, 0.3) is 10.8 Å². The molecule has 4 aromatic rings. The standard InChI is InChI=1S/C29H16O4/c30-25-19-5-1-2-6-20(19)26(31)24-12-16-10-18-14-29(13-17(18)9-15(16)11-23(24)25)27(32)21-7-3-4-8-22(21)28(29)33/h1-12H,13-14H2. The third-order valence-corrected chi connectivity index (χ3v) is 7.47. The number of ketones is 4. The second-order valence-electron chi connectivity index (χ2n) is 9.21. The summed E-state index contributed by atoms with van der Waals surface area (Å²) in [6, 6.07) is 21.4. The Morgan fingerprint density at radius 3 is 1.30 bits per heavy atom. The van der Waals surface area contributed by atoms with Crippen molar-refractivity contribution in [3.05, 3.63) is 117 Å². The second-order valence-corrected chi connectivity index (χ2v) is 9.21. The lowest BCUT2D eigenvalue weighted by Crippen LogP contribution is -2.34. The minimum Gasteiger partial charge on any atom is -0.293 e. The third kappa shape index (κ3) is 2.20. The van der Waals surface area contributed by atoms with Crippen LogP contribution in [0.4, 0.5) is 0 Å². The first-order chi connectivity index (χ1) is 16.0. The molecule has 3 aliphatic rings. The van der Waals surface area contributed by atoms with Crippen molar-refractivity contribution in [1.82, 2.24) is 0 Å². The summed E-state index contributed by atoms with van der Waals surface area (Å²) in [4.78, 5) is 52.8. The topological polar surface area (TPSA) is 68.3 Å². The van der Waals surface area contributed by atoms with Crippen LogP contribution in [0.5, 0.6) is 0 Å². The Morgan fingerprint density at radius 2 is 0.879 bits per heavy atom. The van der Waals surface area contributed by atoms with Gasteiger partial charge in [-0.15, -0.1) is 0 Å². The van der Waals surface area contributed by atoms with Gasteiger partial charge in [0.25, 0.3) is 0 Å². The Labute approximate surface area is 188 Å². The summed E-state index contributed by atoms with van der Waals surface area (Å²) < 4.78 is 0. The highest BCUT2D eigenvalue weighted by atomic mass is 16.2. The number of Topliss-reactive ketones (excluding diaryl/α,β-unsaturated/α-hetero) is 2. The van der Waals surface area contributed by atoms with E-state index in [1.54, 1.807) is 60.7 Å². The quantitative estimate of drug-likeness (QED) is 0.333. The first-order valence-corrected chi connectivity index (χ1v) is 10.9. The molecular formula is C29H16O4. The minimum atomic E-state index is -1.08. The maximum Gasteiger partial charge on any atom is 0.194 e. The van der Waals surface area contributed by atoms with E-state index in [0.717, 1.165) is 21.9 Å². The number of carbonyl (C=O) groups excluding carboxylic acids is 4. The fourth-order valence-corrected chi connectivity index (χ4v) is 5.85. The fourth-order valence-electron chi connectivity index (χ4n) is 5.85. The second kappa shape index (κ2) is 5.99. The van der Waals surface area contributed by atoms with Crippen molar-refractivity contribution >= 4 is 33.9 Å². The first-order valence-electron chi connectivity index (χ1n) is 10.9. The van der Waals surface area contributed by atoms with E-state index >= 15 is 0 Å². The predicted octanol–water partition coefficient (Wildman–Crippen LogP) is 4.78. The summed E-state index contributed by atoms with van der Waals surface area (Å²) in [5, 5.41) is 1.67. The summed E-state index contributed by atoms with van der Waals surface area (Å²) >= 11 is 0. The number of hydrogen-bond donors (Lipinski definition) is 0. The van der Waals surface area contributed by atoms with Crippen LogP contribution in [0.1, 0.15) is 63.7 Å². The van der Waals surface area contributed by atoms with E-state index in [1.165, 1.54) is 0 Å². The van der Waals surface area contributed by atoms with Crippen molar-refractivity contribution < 1.29 is 19.2 Å². The third-order valence-electron chi connectivity index (χ3n) is 7.47. The van der Waals surface area contributed by atoms with Gasteiger partial charge in [-0.25, -0.2) is 0 Å². The van der Waals surface area contributed by atoms with Crippen LogP contribution < -0.4 is 0 Å². The van der Waals surface area contributed by atoms with Gasteiger partial charge >= 0.3 is 0 Å². The van der Waals surface area contributed by atoms with Crippen molar-refractivity contribution in [3.8, 4) is 0 Å². The predicted molar refractivity (Wildman–Crippen MR) is 122 cm³/mol. The smallest absolute Gasteiger partial charge is 0.194 e. The van der Waals surface area contributed by atoms with E-state index in [4.69, 9.17) is 0 Å². The number of fused-ring (bicyclic) bond motifs is 5. The number of hydrogen-bond acceptors (Lipinski definition) is 4. The molecule has 0 saturated carbocycles. The summed E-state index contributed by atoms with van der Waals surface area (Å²) in [5.74, 6) is -0.529. The van der Waals surface area contributed by atoms with Crippen LogP contribution in [0.15, 0.2) is 72.8 Å². The molecule has 7 rings (SSSR count). The first kappa shape index (κ1) is 18.4. The van der Waals surface area contributed by atoms with Crippen LogP contribution >= 0.6 is 0 Å². The van der Waals surface area contributed by atoms with E-state index in [0.29, 0.717) is 46.2 Å². The largest absolute Gasteiger partial charge is 0.293 e. The van der Waals surface area contributed by atoms with Crippen molar-refractivity contribution in [2.75, 3.05) is 0 Å². The van der Waals surface area contributed by atoms with Crippen LogP contribution in [-0.4, -0.2) is 23.1 Å². The summed E-state index contributed by atoms with van der Waals surface area (Å²) in [5.41, 5.74) is 3.49. The number of carbonyl (C=O) groups is 4. The zero-order valence-electron chi connectivity index (χ0n) is 17.5. The molecule has 0 fully saturated rings. The molecule has 0 saturated heterocycles. The van der Waals surface area contributed by atoms with Crippen molar-refractivity contribution in [2.45, 2.75) is 12.8 Å². The lowest BCUT2D eigenvalue weighted by atomic mass is 9.80. The van der Waals surface area contributed by atoms with Gasteiger partial charge in [0.2, 0.25) is 0 Å². The van der Waals surface area contributed by atoms with Crippen LogP contribution in [-0.2, 0) is 12.8 Å². The molecule has 0 amide bonds. The van der Waals surface area contributed by atoms with Gasteiger partial charge in [-0.1, -0.05) is 60.7 Å². The fraction of sp³-hybridized carbons (Fsp3) is 0.103. The average molecular weight is 428 g/mol. The lowest BCUT2D eigenvalue weighted by Gasteiger charge is -2.18. The molecule has 4 aromatic carbocycles. The van der Waals surface area contributed by atoms with Gasteiger partial charge in [0, 0.05) is 33.4 Å². The van der Waals surface area contributed by atoms with Gasteiger partial charge in [0.05, 0.1) is 0 Å². The van der Waals surface area contributed by atoms with E-state index in [-0.39, 0.29) is 23.1 Å². The van der Waals surface area contributed by atoms with Crippen LogP contribution in [0.3, 0.4) is 0 Å². The molecule has 0 bridgehead atoms. The van der Waals surface area contributed by atoms with Crippen molar-refractivity contribution in [1.29, 1.82) is 0 Å². The molecule has 4 nitrogen and oxygen atoms in total. The molecule has 0 aromatic heterocycles. The molecule has 3 aliphatic carbocycles. The molecule has 0 aliphatic heterocycles. The van der Waals surface area contributed by atoms with Crippen LogP contribution in [0, 0.1) is 5.41 Å². The van der Waals surface area contributed by atoms with Gasteiger partial charge in [-0.2, -0.15) is 0 Å². The molecule has 0 radical (unpaired) electrons. The molecule has 156 valence electrons. The Bertz CT molecular complexity index is 1520. The lowest BCUT2D eigenvalue weighted by molar-refractivity contribution is 0.0710. The molecule has 4 heteroatoms. The van der Waals surface area contributed by atoms with Gasteiger partial charge < -0.3 is 0 Å². The van der Waals surface area contributed by atoms with Crippen molar-refractivity contribution in [3.63, 3.8) is 0 Å². The number of rotatable bonds is 0. The molecular weight excluding hydrogens is 412 g/mol. The Balaban J connectivity index is 1.37. The van der Waals surface area contributed by atoms with Gasteiger partial charge in [0.15, 0.2) is 23.1 Å². The van der Waals surface area contributed by atoms with E-state index in [2.05, 4.69) is 0 Å². The maximum atomic E-state index is 13.3. The maximum absolute atomic E-state index is 13.3. The monoisotopic (exact) mass is 428 g/mol. The van der Waals surface area contributed by atoms with E-state index in [9.17, 15) is 19.2 Å². The van der Waals surface area contributed by atoms with Crippen molar-refractivity contribution in [2.24, 2.45) is 5.41 Å². The zero-order chi connectivity index (χ0) is 22.5. The Morgan fingerprint density at radius 1 is 0.485 bits per heavy atom. The Kier molecular flexibility index (Phi) is 3.34. The summed E-state index contributed by atoms with van der Waals surface area (Å²) in [7, 11) is 0. The number of benzene rings is 4. The Hall–Kier alpha value is -4.18. The zero-order valence-corrected chi connectivity index (χ0v) is 17.5. The molecule has 0 unspecified atom stereocenters. The summed E-state index contributed by atoms with van der Waals surface area (Å²) in [6.07, 6.45) is 0.717. The minimum absolute atomic E-state index is 0.108. The van der Waals surface area contributed by atoms with Gasteiger partial charge in [-0.3, -0.25) is 19.2 Å². The normalized spacial score (nSPS) is 17.3. The average Bonchev–Trinajstić information content (AvgIpc) is 3.31. The van der Waals surface area contributed by atoms with Gasteiger partial charge in [0.1, 0.15) is 5.41 Å². The molecule has 33 heavy (non-hydrogen) atoms. The molecule has 0 atom stereocenters. The SMILES string of the molecule is O=C1c2ccccc2C(=O)c2cc3cc4c(cc3cc21)CC1(C4)C(=O)c2ccccc2C1=O. The highest BCUT2D eigenvalue weighted by Gasteiger charge is 2.55.